The summed E-state index contributed by atoms with van der Waals surface area (Å²) in [6.45, 7) is 8.94. The Hall–Kier alpha value is -0.120. The van der Waals surface area contributed by atoms with E-state index in [2.05, 4.69) is 22.2 Å². The first-order chi connectivity index (χ1) is 7.34. The van der Waals surface area contributed by atoms with Crippen LogP contribution in [0.3, 0.4) is 0 Å². The quantitative estimate of drug-likeness (QED) is 0.673. The zero-order valence-corrected chi connectivity index (χ0v) is 10.0. The van der Waals surface area contributed by atoms with Crippen LogP contribution in [0.4, 0.5) is 0 Å². The van der Waals surface area contributed by atoms with Gasteiger partial charge in [-0.25, -0.2) is 0 Å². The van der Waals surface area contributed by atoms with Gasteiger partial charge in [-0.3, -0.25) is 0 Å². The molecule has 0 atom stereocenters. The first-order valence-corrected chi connectivity index (χ1v) is 6.46. The molecule has 2 heterocycles. The van der Waals surface area contributed by atoms with Crippen LogP contribution in [0.15, 0.2) is 0 Å². The van der Waals surface area contributed by atoms with Gasteiger partial charge in [0.2, 0.25) is 0 Å². The molecule has 2 rings (SSSR count). The Bertz CT molecular complexity index is 172. The van der Waals surface area contributed by atoms with Gasteiger partial charge >= 0.3 is 0 Å². The van der Waals surface area contributed by atoms with E-state index >= 15 is 0 Å². The predicted octanol–water partition coefficient (Wildman–Crippen LogP) is 0.623. The third kappa shape index (κ3) is 3.74. The predicted molar refractivity (Wildman–Crippen MR) is 64.1 cm³/mol. The monoisotopic (exact) mass is 211 g/mol. The van der Waals surface area contributed by atoms with Crippen molar-refractivity contribution in [2.24, 2.45) is 5.92 Å². The van der Waals surface area contributed by atoms with Gasteiger partial charge in [-0.05, 0) is 45.4 Å². The summed E-state index contributed by atoms with van der Waals surface area (Å²) in [5, 5.41) is 3.34. The fraction of sp³-hybridized carbons (Fsp3) is 1.00. The van der Waals surface area contributed by atoms with Crippen LogP contribution < -0.4 is 5.32 Å². The van der Waals surface area contributed by atoms with E-state index in [0.29, 0.717) is 0 Å². The average Bonchev–Trinajstić information content (AvgIpc) is 2.18. The van der Waals surface area contributed by atoms with Crippen LogP contribution in [-0.4, -0.2) is 62.7 Å². The molecule has 1 N–H and O–H groups in total. The zero-order valence-electron chi connectivity index (χ0n) is 10.0. The van der Waals surface area contributed by atoms with E-state index in [1.165, 1.54) is 65.1 Å². The van der Waals surface area contributed by atoms with Crippen LogP contribution in [0.2, 0.25) is 0 Å². The van der Waals surface area contributed by atoms with Crippen LogP contribution in [0, 0.1) is 5.92 Å². The number of nitrogens with one attached hydrogen (secondary N) is 1. The molecule has 0 radical (unpaired) electrons. The van der Waals surface area contributed by atoms with E-state index in [-0.39, 0.29) is 0 Å². The Balaban J connectivity index is 1.46. The van der Waals surface area contributed by atoms with Gasteiger partial charge in [0.05, 0.1) is 0 Å². The van der Waals surface area contributed by atoms with E-state index in [9.17, 15) is 0 Å². The molecule has 0 aromatic rings. The van der Waals surface area contributed by atoms with Gasteiger partial charge < -0.3 is 15.1 Å². The summed E-state index contributed by atoms with van der Waals surface area (Å²) < 4.78 is 0. The average molecular weight is 211 g/mol. The molecule has 88 valence electrons. The molecule has 0 unspecified atom stereocenters. The van der Waals surface area contributed by atoms with Gasteiger partial charge in [-0.15, -0.1) is 0 Å². The highest BCUT2D eigenvalue weighted by atomic mass is 15.2. The largest absolute Gasteiger partial charge is 0.316 e. The maximum Gasteiger partial charge on any atom is 0.0110 e. The maximum absolute atomic E-state index is 3.34. The first-order valence-electron chi connectivity index (χ1n) is 6.46. The third-order valence-corrected chi connectivity index (χ3v) is 3.80. The maximum atomic E-state index is 3.34. The van der Waals surface area contributed by atoms with Gasteiger partial charge in [0.1, 0.15) is 0 Å². The summed E-state index contributed by atoms with van der Waals surface area (Å²) in [5.74, 6) is 0.998. The lowest BCUT2D eigenvalue weighted by Gasteiger charge is -2.32. The van der Waals surface area contributed by atoms with Crippen molar-refractivity contribution in [3.05, 3.63) is 0 Å². The number of nitrogens with zero attached hydrogens (tertiary/aromatic N) is 2. The molecule has 0 amide bonds. The lowest BCUT2D eigenvalue weighted by atomic mass is 9.96. The number of rotatable bonds is 5. The second kappa shape index (κ2) is 5.83. The van der Waals surface area contributed by atoms with Gasteiger partial charge in [-0.1, -0.05) is 6.42 Å². The summed E-state index contributed by atoms with van der Waals surface area (Å²) >= 11 is 0. The summed E-state index contributed by atoms with van der Waals surface area (Å²) in [5.41, 5.74) is 0. The summed E-state index contributed by atoms with van der Waals surface area (Å²) in [6, 6.07) is 0. The van der Waals surface area contributed by atoms with Gasteiger partial charge in [0.15, 0.2) is 0 Å². The fourth-order valence-corrected chi connectivity index (χ4v) is 2.39. The molecule has 0 bridgehead atoms. The van der Waals surface area contributed by atoms with Crippen molar-refractivity contribution >= 4 is 0 Å². The third-order valence-electron chi connectivity index (χ3n) is 3.80. The van der Waals surface area contributed by atoms with Crippen LogP contribution in [-0.2, 0) is 0 Å². The smallest absolute Gasteiger partial charge is 0.0110 e. The van der Waals surface area contributed by atoms with Crippen molar-refractivity contribution in [3.63, 3.8) is 0 Å². The molecule has 3 heteroatoms. The minimum Gasteiger partial charge on any atom is -0.316 e. The van der Waals surface area contributed by atoms with Crippen molar-refractivity contribution in [2.75, 3.05) is 52.9 Å². The number of likely N-dealkylation sites (N-methyl/N-ethyl adjacent to an activating group) is 1. The molecule has 2 aliphatic rings. The van der Waals surface area contributed by atoms with Crippen molar-refractivity contribution in [1.82, 2.24) is 15.1 Å². The highest BCUT2D eigenvalue weighted by Gasteiger charge is 2.16. The normalized spacial score (nSPS) is 25.4. The first kappa shape index (κ1) is 11.4. The minimum absolute atomic E-state index is 0.998. The molecule has 0 spiro atoms. The molecule has 0 aliphatic carbocycles. The van der Waals surface area contributed by atoms with E-state index in [4.69, 9.17) is 0 Å². The molecule has 2 saturated heterocycles. The van der Waals surface area contributed by atoms with Crippen molar-refractivity contribution in [1.29, 1.82) is 0 Å². The lowest BCUT2D eigenvalue weighted by Crippen LogP contribution is -2.44. The van der Waals surface area contributed by atoms with Crippen LogP contribution >= 0.6 is 0 Å². The molecule has 3 nitrogen and oxygen atoms in total. The van der Waals surface area contributed by atoms with E-state index in [1.54, 1.807) is 0 Å². The van der Waals surface area contributed by atoms with E-state index < -0.39 is 0 Å². The number of hydrogen-bond donors (Lipinski definition) is 1. The number of unbranched alkanes of at least 4 members (excludes halogenated alkanes) is 1. The van der Waals surface area contributed by atoms with E-state index in [1.807, 2.05) is 0 Å². The molecule has 2 fully saturated rings. The summed E-state index contributed by atoms with van der Waals surface area (Å²) in [6.07, 6.45) is 4.28. The Morgan fingerprint density at radius 3 is 2.40 bits per heavy atom. The van der Waals surface area contributed by atoms with Crippen molar-refractivity contribution < 1.29 is 0 Å². The Morgan fingerprint density at radius 1 is 1.07 bits per heavy atom. The van der Waals surface area contributed by atoms with Gasteiger partial charge in [-0.2, -0.15) is 0 Å². The molecule has 0 saturated carbocycles. The zero-order chi connectivity index (χ0) is 10.5. The highest BCUT2D eigenvalue weighted by molar-refractivity contribution is 4.75. The molecule has 15 heavy (non-hydrogen) atoms. The summed E-state index contributed by atoms with van der Waals surface area (Å²) in [7, 11) is 2.22. The standard InChI is InChI=1S/C12H25N3/c1-14-6-8-15(9-7-14)5-3-2-4-12-10-13-11-12/h12-13H,2-11H2,1H3. The molecule has 2 aliphatic heterocycles. The lowest BCUT2D eigenvalue weighted by molar-refractivity contribution is 0.150. The molecule has 0 aromatic carbocycles. The van der Waals surface area contributed by atoms with Gasteiger partial charge in [0.25, 0.3) is 0 Å². The Morgan fingerprint density at radius 2 is 1.80 bits per heavy atom. The SMILES string of the molecule is CN1CCN(CCCCC2CNC2)CC1. The molecular formula is C12H25N3. The topological polar surface area (TPSA) is 18.5 Å². The Labute approximate surface area is 93.8 Å². The van der Waals surface area contributed by atoms with Crippen molar-refractivity contribution in [2.45, 2.75) is 19.3 Å². The van der Waals surface area contributed by atoms with Crippen LogP contribution in [0.1, 0.15) is 19.3 Å². The molecular weight excluding hydrogens is 186 g/mol. The molecule has 0 aromatic heterocycles. The highest BCUT2D eigenvalue weighted by Crippen LogP contribution is 2.13. The second-order valence-electron chi connectivity index (χ2n) is 5.16. The van der Waals surface area contributed by atoms with Crippen molar-refractivity contribution in [3.8, 4) is 0 Å². The number of hydrogen-bond acceptors (Lipinski definition) is 3. The fourth-order valence-electron chi connectivity index (χ4n) is 2.39. The Kier molecular flexibility index (Phi) is 4.42. The van der Waals surface area contributed by atoms with E-state index in [0.717, 1.165) is 5.92 Å². The minimum atomic E-state index is 0.998. The number of piperazine rings is 1. The van der Waals surface area contributed by atoms with Crippen LogP contribution in [0.25, 0.3) is 0 Å². The van der Waals surface area contributed by atoms with Crippen LogP contribution in [0.5, 0.6) is 0 Å². The second-order valence-corrected chi connectivity index (χ2v) is 5.16. The summed E-state index contributed by atoms with van der Waals surface area (Å²) in [4.78, 5) is 5.05. The van der Waals surface area contributed by atoms with Gasteiger partial charge in [0, 0.05) is 26.2 Å².